The molecule has 1 fully saturated rings. The number of hydrogen-bond acceptors (Lipinski definition) is 7. The highest BCUT2D eigenvalue weighted by atomic mass is 32.2. The van der Waals surface area contributed by atoms with Crippen molar-refractivity contribution in [3.8, 4) is 0 Å². The van der Waals surface area contributed by atoms with Crippen molar-refractivity contribution in [2.45, 2.75) is 18.2 Å². The molecule has 0 aromatic carbocycles. The van der Waals surface area contributed by atoms with Crippen molar-refractivity contribution in [3.05, 3.63) is 27.9 Å². The van der Waals surface area contributed by atoms with E-state index in [-0.39, 0.29) is 30.0 Å². The van der Waals surface area contributed by atoms with E-state index in [9.17, 15) is 19.5 Å². The summed E-state index contributed by atoms with van der Waals surface area (Å²) in [4.78, 5) is 40.0. The van der Waals surface area contributed by atoms with E-state index >= 15 is 0 Å². The number of esters is 1. The molecule has 7 nitrogen and oxygen atoms in total. The van der Waals surface area contributed by atoms with Gasteiger partial charge in [-0.25, -0.2) is 9.78 Å². The number of aromatic nitrogens is 1. The fourth-order valence-electron chi connectivity index (χ4n) is 2.28. The Labute approximate surface area is 134 Å². The van der Waals surface area contributed by atoms with Gasteiger partial charge in [0.2, 0.25) is 5.91 Å². The maximum absolute atomic E-state index is 11.7. The predicted octanol–water partition coefficient (Wildman–Crippen LogP) is 0.873. The van der Waals surface area contributed by atoms with E-state index in [4.69, 9.17) is 4.74 Å². The Morgan fingerprint density at radius 2 is 2.32 bits per heavy atom. The molecule has 1 aromatic heterocycles. The van der Waals surface area contributed by atoms with Crippen molar-refractivity contribution in [2.24, 2.45) is 0 Å². The largest absolute Gasteiger partial charge is 0.477 e. The van der Waals surface area contributed by atoms with Crippen LogP contribution in [0.1, 0.15) is 12.1 Å². The average molecular weight is 340 g/mol. The Morgan fingerprint density at radius 3 is 2.95 bits per heavy atom. The molecule has 0 unspecified atom stereocenters. The Hall–Kier alpha value is -1.87. The molecule has 9 heteroatoms. The van der Waals surface area contributed by atoms with Crippen LogP contribution in [0.2, 0.25) is 0 Å². The Balaban J connectivity index is 1.67. The van der Waals surface area contributed by atoms with Crippen LogP contribution in [0.5, 0.6) is 0 Å². The second kappa shape index (κ2) is 6.09. The number of thiazole rings is 1. The predicted molar refractivity (Wildman–Crippen MR) is 79.1 cm³/mol. The van der Waals surface area contributed by atoms with Crippen molar-refractivity contribution in [2.75, 3.05) is 12.4 Å². The summed E-state index contributed by atoms with van der Waals surface area (Å²) in [6.45, 7) is -0.117. The molecule has 1 atom stereocenters. The normalized spacial score (nSPS) is 20.5. The quantitative estimate of drug-likeness (QED) is 0.627. The number of amides is 1. The van der Waals surface area contributed by atoms with Crippen molar-refractivity contribution >= 4 is 40.9 Å². The van der Waals surface area contributed by atoms with Gasteiger partial charge in [-0.15, -0.1) is 23.1 Å². The number of β-lactam (4-membered cyclic amide) rings is 1. The third-order valence-corrected chi connectivity index (χ3v) is 5.26. The lowest BCUT2D eigenvalue weighted by Gasteiger charge is -2.43. The van der Waals surface area contributed by atoms with E-state index in [0.29, 0.717) is 23.4 Å². The standard InChI is InChI=1S/C13H12N2O5S2/c16-9-2-10-15(9)12(13(18)19)7(4-22-10)3-20-11(17)1-8-5-21-6-14-8/h5-6,10H,1-4H2,(H,18,19)/t10-/m1/s1. The summed E-state index contributed by atoms with van der Waals surface area (Å²) < 4.78 is 5.13. The van der Waals surface area contributed by atoms with Crippen molar-refractivity contribution in [1.82, 2.24) is 9.88 Å². The van der Waals surface area contributed by atoms with Crippen LogP contribution in [0.25, 0.3) is 0 Å². The van der Waals surface area contributed by atoms with Gasteiger partial charge in [0, 0.05) is 16.7 Å². The molecule has 3 rings (SSSR count). The van der Waals surface area contributed by atoms with Crippen LogP contribution in [-0.4, -0.2) is 50.6 Å². The SMILES string of the molecule is O=C(Cc1cscn1)OCC1=C(C(=O)O)N2C(=O)C[C@H]2SC1. The Bertz CT molecular complexity index is 655. The molecule has 1 saturated heterocycles. The second-order valence-corrected chi connectivity index (χ2v) is 6.69. The van der Waals surface area contributed by atoms with Crippen LogP contribution < -0.4 is 0 Å². The topological polar surface area (TPSA) is 96.8 Å². The summed E-state index contributed by atoms with van der Waals surface area (Å²) in [5, 5.41) is 11.0. The van der Waals surface area contributed by atoms with Gasteiger partial charge in [-0.05, 0) is 0 Å². The van der Waals surface area contributed by atoms with E-state index in [0.717, 1.165) is 0 Å². The summed E-state index contributed by atoms with van der Waals surface area (Å²) in [6.07, 6.45) is 0.413. The minimum Gasteiger partial charge on any atom is -0.477 e. The van der Waals surface area contributed by atoms with Crippen LogP contribution in [0, 0.1) is 0 Å². The smallest absolute Gasteiger partial charge is 0.352 e. The number of carboxylic acid groups (broad SMARTS) is 1. The monoisotopic (exact) mass is 340 g/mol. The number of carboxylic acids is 1. The first-order valence-corrected chi connectivity index (χ1v) is 8.47. The number of rotatable bonds is 5. The molecule has 0 saturated carbocycles. The zero-order chi connectivity index (χ0) is 15.7. The fourth-order valence-corrected chi connectivity index (χ4v) is 4.08. The number of carbonyl (C=O) groups is 3. The number of aliphatic carboxylic acids is 1. The molecule has 0 aliphatic carbocycles. The van der Waals surface area contributed by atoms with Crippen LogP contribution in [-0.2, 0) is 25.5 Å². The molecule has 1 aromatic rings. The highest BCUT2D eigenvalue weighted by Gasteiger charge is 2.45. The van der Waals surface area contributed by atoms with Gasteiger partial charge in [0.05, 0.1) is 29.4 Å². The van der Waals surface area contributed by atoms with E-state index in [1.54, 1.807) is 10.9 Å². The first kappa shape index (κ1) is 15.0. The lowest BCUT2D eigenvalue weighted by atomic mass is 10.1. The van der Waals surface area contributed by atoms with E-state index in [2.05, 4.69) is 4.98 Å². The van der Waals surface area contributed by atoms with Crippen molar-refractivity contribution in [3.63, 3.8) is 0 Å². The summed E-state index contributed by atoms with van der Waals surface area (Å²) in [7, 11) is 0. The van der Waals surface area contributed by atoms with Crippen molar-refractivity contribution < 1.29 is 24.2 Å². The van der Waals surface area contributed by atoms with Gasteiger partial charge < -0.3 is 9.84 Å². The van der Waals surface area contributed by atoms with E-state index < -0.39 is 11.9 Å². The van der Waals surface area contributed by atoms with Crippen molar-refractivity contribution in [1.29, 1.82) is 0 Å². The molecule has 2 aliphatic heterocycles. The molecule has 116 valence electrons. The highest BCUT2D eigenvalue weighted by Crippen LogP contribution is 2.39. The number of fused-ring (bicyclic) bond motifs is 1. The van der Waals surface area contributed by atoms with Crippen LogP contribution >= 0.6 is 23.1 Å². The molecule has 2 aliphatic rings. The molecule has 0 spiro atoms. The van der Waals surface area contributed by atoms with Gasteiger partial charge in [-0.2, -0.15) is 0 Å². The number of hydrogen-bond donors (Lipinski definition) is 1. The number of carbonyl (C=O) groups excluding carboxylic acids is 2. The van der Waals surface area contributed by atoms with Gasteiger partial charge >= 0.3 is 11.9 Å². The zero-order valence-electron chi connectivity index (χ0n) is 11.4. The Morgan fingerprint density at radius 1 is 1.50 bits per heavy atom. The molecule has 0 radical (unpaired) electrons. The van der Waals surface area contributed by atoms with Gasteiger partial charge in [-0.1, -0.05) is 0 Å². The highest BCUT2D eigenvalue weighted by molar-refractivity contribution is 8.00. The lowest BCUT2D eigenvalue weighted by molar-refractivity contribution is -0.146. The third kappa shape index (κ3) is 2.86. The molecular formula is C13H12N2O5S2. The van der Waals surface area contributed by atoms with E-state index in [1.165, 1.54) is 28.0 Å². The maximum atomic E-state index is 11.7. The van der Waals surface area contributed by atoms with Gasteiger partial charge in [0.25, 0.3) is 0 Å². The van der Waals surface area contributed by atoms with E-state index in [1.807, 2.05) is 0 Å². The molecule has 22 heavy (non-hydrogen) atoms. The zero-order valence-corrected chi connectivity index (χ0v) is 13.0. The van der Waals surface area contributed by atoms with Crippen LogP contribution in [0.15, 0.2) is 22.2 Å². The van der Waals surface area contributed by atoms with Crippen LogP contribution in [0.3, 0.4) is 0 Å². The minimum absolute atomic E-state index is 0.0403. The summed E-state index contributed by atoms with van der Waals surface area (Å²) in [5.41, 5.74) is 2.66. The molecule has 1 amide bonds. The van der Waals surface area contributed by atoms with Gasteiger partial charge in [0.1, 0.15) is 12.3 Å². The minimum atomic E-state index is -1.16. The Kier molecular flexibility index (Phi) is 4.16. The first-order chi connectivity index (χ1) is 10.6. The molecule has 3 heterocycles. The molecule has 0 bridgehead atoms. The number of nitrogens with zero attached hydrogens (tertiary/aromatic N) is 2. The lowest BCUT2D eigenvalue weighted by Crippen LogP contribution is -2.54. The maximum Gasteiger partial charge on any atom is 0.352 e. The molecule has 1 N–H and O–H groups in total. The first-order valence-electron chi connectivity index (χ1n) is 6.48. The second-order valence-electron chi connectivity index (χ2n) is 4.81. The van der Waals surface area contributed by atoms with Gasteiger partial charge in [-0.3, -0.25) is 14.5 Å². The average Bonchev–Trinajstić information content (AvgIpc) is 2.96. The van der Waals surface area contributed by atoms with Gasteiger partial charge in [0.15, 0.2) is 0 Å². The number of thioether (sulfide) groups is 1. The summed E-state index contributed by atoms with van der Waals surface area (Å²) in [5.74, 6) is -1.39. The summed E-state index contributed by atoms with van der Waals surface area (Å²) in [6, 6.07) is 0. The fraction of sp³-hybridized carbons (Fsp3) is 0.385. The number of ether oxygens (including phenoxy) is 1. The summed E-state index contributed by atoms with van der Waals surface area (Å²) >= 11 is 2.87. The van der Waals surface area contributed by atoms with Crippen LogP contribution in [0.4, 0.5) is 0 Å². The third-order valence-electron chi connectivity index (χ3n) is 3.35. The molecular weight excluding hydrogens is 328 g/mol.